The minimum atomic E-state index is -0.160. The maximum atomic E-state index is 12.6. The fraction of sp³-hybridized carbons (Fsp3) is 0.706. The van der Waals surface area contributed by atoms with Crippen LogP contribution in [0.5, 0.6) is 0 Å². The van der Waals surface area contributed by atoms with E-state index in [0.717, 1.165) is 36.5 Å². The largest absolute Gasteiger partial charge is 0.345 e. The SMILES string of the molecule is CC1CCc2sc(C(=O)NC3(CN)CCCCC3)cc2C1. The van der Waals surface area contributed by atoms with Crippen LogP contribution >= 0.6 is 11.3 Å². The summed E-state index contributed by atoms with van der Waals surface area (Å²) in [6.45, 7) is 2.85. The predicted molar refractivity (Wildman–Crippen MR) is 87.8 cm³/mol. The molecule has 1 atom stereocenters. The first-order valence-electron chi connectivity index (χ1n) is 8.26. The Morgan fingerprint density at radius 1 is 1.43 bits per heavy atom. The molecule has 2 aliphatic rings. The first kappa shape index (κ1) is 15.0. The zero-order valence-electron chi connectivity index (χ0n) is 12.9. The number of hydrogen-bond acceptors (Lipinski definition) is 3. The summed E-state index contributed by atoms with van der Waals surface area (Å²) in [4.78, 5) is 14.9. The third-order valence-corrected chi connectivity index (χ3v) is 6.37. The van der Waals surface area contributed by atoms with E-state index in [4.69, 9.17) is 5.73 Å². The van der Waals surface area contributed by atoms with E-state index < -0.39 is 0 Å². The van der Waals surface area contributed by atoms with Crippen molar-refractivity contribution in [1.82, 2.24) is 5.32 Å². The van der Waals surface area contributed by atoms with Gasteiger partial charge in [-0.15, -0.1) is 11.3 Å². The molecule has 1 aromatic heterocycles. The number of thiophene rings is 1. The maximum Gasteiger partial charge on any atom is 0.261 e. The fourth-order valence-electron chi connectivity index (χ4n) is 3.73. The quantitative estimate of drug-likeness (QED) is 0.900. The maximum absolute atomic E-state index is 12.6. The van der Waals surface area contributed by atoms with Crippen molar-refractivity contribution in [3.8, 4) is 0 Å². The van der Waals surface area contributed by atoms with Gasteiger partial charge in [0.05, 0.1) is 10.4 Å². The Labute approximate surface area is 131 Å². The number of nitrogens with two attached hydrogens (primary N) is 1. The summed E-state index contributed by atoms with van der Waals surface area (Å²) < 4.78 is 0. The van der Waals surface area contributed by atoms with Gasteiger partial charge in [0.15, 0.2) is 0 Å². The monoisotopic (exact) mass is 306 g/mol. The number of carbonyl (C=O) groups is 1. The summed E-state index contributed by atoms with van der Waals surface area (Å²) >= 11 is 1.69. The second-order valence-electron chi connectivity index (χ2n) is 6.91. The van der Waals surface area contributed by atoms with Gasteiger partial charge in [-0.05, 0) is 49.7 Å². The molecule has 0 radical (unpaired) electrons. The molecule has 4 heteroatoms. The van der Waals surface area contributed by atoms with Crippen LogP contribution in [0.4, 0.5) is 0 Å². The zero-order chi connectivity index (χ0) is 14.9. The van der Waals surface area contributed by atoms with Crippen LogP contribution in [0.25, 0.3) is 0 Å². The average molecular weight is 306 g/mol. The van der Waals surface area contributed by atoms with E-state index in [-0.39, 0.29) is 11.4 Å². The summed E-state index contributed by atoms with van der Waals surface area (Å²) in [7, 11) is 0. The highest BCUT2D eigenvalue weighted by Crippen LogP contribution is 2.33. The number of aryl methyl sites for hydroxylation is 1. The van der Waals surface area contributed by atoms with Crippen molar-refractivity contribution in [1.29, 1.82) is 0 Å². The number of amides is 1. The number of nitrogens with one attached hydrogen (secondary N) is 1. The van der Waals surface area contributed by atoms with Gasteiger partial charge < -0.3 is 11.1 Å². The molecular weight excluding hydrogens is 280 g/mol. The van der Waals surface area contributed by atoms with Crippen LogP contribution < -0.4 is 11.1 Å². The zero-order valence-corrected chi connectivity index (χ0v) is 13.7. The van der Waals surface area contributed by atoms with E-state index in [0.29, 0.717) is 6.54 Å². The molecule has 1 fully saturated rings. The van der Waals surface area contributed by atoms with Gasteiger partial charge in [0.2, 0.25) is 0 Å². The Bertz CT molecular complexity index is 517. The highest BCUT2D eigenvalue weighted by Gasteiger charge is 2.33. The lowest BCUT2D eigenvalue weighted by molar-refractivity contribution is 0.0879. The fourth-order valence-corrected chi connectivity index (χ4v) is 4.83. The standard InChI is InChI=1S/C17H26N2OS/c1-12-5-6-14-13(9-12)10-15(21-14)16(20)19-17(11-18)7-3-2-4-8-17/h10,12H,2-9,11,18H2,1H3,(H,19,20). The first-order valence-corrected chi connectivity index (χ1v) is 9.08. The summed E-state index contributed by atoms with van der Waals surface area (Å²) in [6, 6.07) is 2.12. The molecule has 3 nitrogen and oxygen atoms in total. The third-order valence-electron chi connectivity index (χ3n) is 5.13. The molecule has 1 aromatic rings. The molecule has 3 rings (SSSR count). The molecule has 1 heterocycles. The van der Waals surface area contributed by atoms with Crippen molar-refractivity contribution < 1.29 is 4.79 Å². The molecule has 0 aliphatic heterocycles. The Morgan fingerprint density at radius 2 is 2.19 bits per heavy atom. The Balaban J connectivity index is 1.73. The second kappa shape index (κ2) is 6.09. The van der Waals surface area contributed by atoms with Gasteiger partial charge in [0.1, 0.15) is 0 Å². The van der Waals surface area contributed by atoms with E-state index in [1.54, 1.807) is 11.3 Å². The molecule has 2 aliphatic carbocycles. The Morgan fingerprint density at radius 3 is 2.90 bits per heavy atom. The van der Waals surface area contributed by atoms with Gasteiger partial charge in [0, 0.05) is 11.4 Å². The molecule has 0 bridgehead atoms. The third kappa shape index (κ3) is 3.16. The van der Waals surface area contributed by atoms with Gasteiger partial charge in [-0.2, -0.15) is 0 Å². The predicted octanol–water partition coefficient (Wildman–Crippen LogP) is 3.26. The molecule has 1 unspecified atom stereocenters. The minimum absolute atomic E-state index is 0.0920. The highest BCUT2D eigenvalue weighted by atomic mass is 32.1. The van der Waals surface area contributed by atoms with Crippen molar-refractivity contribution in [2.45, 2.75) is 63.8 Å². The van der Waals surface area contributed by atoms with Crippen LogP contribution in [0, 0.1) is 5.92 Å². The summed E-state index contributed by atoms with van der Waals surface area (Å²) in [5, 5.41) is 3.27. The van der Waals surface area contributed by atoms with Crippen molar-refractivity contribution in [2.24, 2.45) is 11.7 Å². The van der Waals surface area contributed by atoms with Gasteiger partial charge in [-0.3, -0.25) is 4.79 Å². The lowest BCUT2D eigenvalue weighted by Crippen LogP contribution is -2.54. The lowest BCUT2D eigenvalue weighted by Gasteiger charge is -2.37. The van der Waals surface area contributed by atoms with E-state index in [1.807, 2.05) is 0 Å². The summed E-state index contributed by atoms with van der Waals surface area (Å²) in [5.74, 6) is 0.839. The van der Waals surface area contributed by atoms with Crippen LogP contribution in [0.1, 0.15) is 65.6 Å². The normalized spacial score (nSPS) is 24.4. The molecule has 1 saturated carbocycles. The van der Waals surface area contributed by atoms with Crippen molar-refractivity contribution in [3.63, 3.8) is 0 Å². The van der Waals surface area contributed by atoms with Crippen LogP contribution in [0.2, 0.25) is 0 Å². The highest BCUT2D eigenvalue weighted by molar-refractivity contribution is 7.14. The van der Waals surface area contributed by atoms with Crippen molar-refractivity contribution in [3.05, 3.63) is 21.4 Å². The lowest BCUT2D eigenvalue weighted by atomic mass is 9.81. The van der Waals surface area contributed by atoms with Gasteiger partial charge >= 0.3 is 0 Å². The van der Waals surface area contributed by atoms with E-state index in [2.05, 4.69) is 18.3 Å². The molecule has 116 valence electrons. The van der Waals surface area contributed by atoms with Gasteiger partial charge in [-0.1, -0.05) is 26.2 Å². The van der Waals surface area contributed by atoms with Crippen LogP contribution in [-0.2, 0) is 12.8 Å². The van der Waals surface area contributed by atoms with Crippen molar-refractivity contribution in [2.75, 3.05) is 6.54 Å². The molecule has 0 aromatic carbocycles. The first-order chi connectivity index (χ1) is 10.1. The smallest absolute Gasteiger partial charge is 0.261 e. The average Bonchev–Trinajstić information content (AvgIpc) is 2.91. The number of hydrogen-bond donors (Lipinski definition) is 2. The Hall–Kier alpha value is -0.870. The molecule has 3 N–H and O–H groups in total. The second-order valence-corrected chi connectivity index (χ2v) is 8.04. The number of fused-ring (bicyclic) bond motifs is 1. The molecule has 0 saturated heterocycles. The topological polar surface area (TPSA) is 55.1 Å². The minimum Gasteiger partial charge on any atom is -0.345 e. The summed E-state index contributed by atoms with van der Waals surface area (Å²) in [6.07, 6.45) is 9.18. The van der Waals surface area contributed by atoms with E-state index >= 15 is 0 Å². The van der Waals surface area contributed by atoms with Crippen LogP contribution in [0.15, 0.2) is 6.07 Å². The molecule has 0 spiro atoms. The molecule has 1 amide bonds. The van der Waals surface area contributed by atoms with Gasteiger partial charge in [-0.25, -0.2) is 0 Å². The number of rotatable bonds is 3. The van der Waals surface area contributed by atoms with Gasteiger partial charge in [0.25, 0.3) is 5.91 Å². The van der Waals surface area contributed by atoms with E-state index in [1.165, 1.54) is 36.1 Å². The Kier molecular flexibility index (Phi) is 4.36. The van der Waals surface area contributed by atoms with Crippen LogP contribution in [0.3, 0.4) is 0 Å². The van der Waals surface area contributed by atoms with Crippen molar-refractivity contribution >= 4 is 17.2 Å². The van der Waals surface area contributed by atoms with E-state index in [9.17, 15) is 4.79 Å². The molecule has 21 heavy (non-hydrogen) atoms. The summed E-state index contributed by atoms with van der Waals surface area (Å²) in [5.41, 5.74) is 7.21. The molecular formula is C17H26N2OS. The van der Waals surface area contributed by atoms with Crippen LogP contribution in [-0.4, -0.2) is 18.0 Å². The number of carbonyl (C=O) groups excluding carboxylic acids is 1.